The van der Waals surface area contributed by atoms with Gasteiger partial charge in [0.25, 0.3) is 0 Å². The standard InChI is InChI=1S/C20H42/c1-7-18(4)12-9-14-20(6)16-10-15-19(5)13-8-11-17(2)3/h17-20H,7-16H2,1-6H3. The average molecular weight is 283 g/mol. The van der Waals surface area contributed by atoms with Gasteiger partial charge in [-0.1, -0.05) is 106 Å². The van der Waals surface area contributed by atoms with Crippen LogP contribution in [0.5, 0.6) is 0 Å². The van der Waals surface area contributed by atoms with Crippen LogP contribution >= 0.6 is 0 Å². The SMILES string of the molecule is CCC(C)CCCC(C)CCCC(C)CCCC(C)C. The zero-order chi connectivity index (χ0) is 15.4. The monoisotopic (exact) mass is 282 g/mol. The second-order valence-corrected chi connectivity index (χ2v) is 7.91. The lowest BCUT2D eigenvalue weighted by molar-refractivity contribution is 0.376. The van der Waals surface area contributed by atoms with Crippen LogP contribution in [0, 0.1) is 23.7 Å². The van der Waals surface area contributed by atoms with Gasteiger partial charge in [-0.25, -0.2) is 0 Å². The third kappa shape index (κ3) is 13.0. The van der Waals surface area contributed by atoms with E-state index in [0.29, 0.717) is 0 Å². The van der Waals surface area contributed by atoms with Crippen LogP contribution in [0.15, 0.2) is 0 Å². The van der Waals surface area contributed by atoms with Crippen molar-refractivity contribution in [2.45, 2.75) is 106 Å². The molecular formula is C20H42. The van der Waals surface area contributed by atoms with Crippen LogP contribution in [0.2, 0.25) is 0 Å². The lowest BCUT2D eigenvalue weighted by Crippen LogP contribution is -2.01. The number of rotatable bonds is 13. The largest absolute Gasteiger partial charge is 0.0651 e. The molecule has 3 unspecified atom stereocenters. The molecule has 20 heavy (non-hydrogen) atoms. The summed E-state index contributed by atoms with van der Waals surface area (Å²) in [6.07, 6.45) is 14.3. The molecule has 0 spiro atoms. The first-order valence-electron chi connectivity index (χ1n) is 9.45. The molecule has 0 fully saturated rings. The summed E-state index contributed by atoms with van der Waals surface area (Å²) in [7, 11) is 0. The summed E-state index contributed by atoms with van der Waals surface area (Å²) in [5.74, 6) is 3.71. The summed E-state index contributed by atoms with van der Waals surface area (Å²) in [6, 6.07) is 0. The summed E-state index contributed by atoms with van der Waals surface area (Å²) >= 11 is 0. The molecule has 0 rings (SSSR count). The molecule has 0 aromatic heterocycles. The molecule has 0 nitrogen and oxygen atoms in total. The van der Waals surface area contributed by atoms with E-state index in [-0.39, 0.29) is 0 Å². The van der Waals surface area contributed by atoms with Gasteiger partial charge >= 0.3 is 0 Å². The Hall–Kier alpha value is 0. The van der Waals surface area contributed by atoms with Gasteiger partial charge in [-0.15, -0.1) is 0 Å². The van der Waals surface area contributed by atoms with E-state index in [1.54, 1.807) is 0 Å². The summed E-state index contributed by atoms with van der Waals surface area (Å²) in [5.41, 5.74) is 0. The summed E-state index contributed by atoms with van der Waals surface area (Å²) in [6.45, 7) is 14.3. The van der Waals surface area contributed by atoms with Gasteiger partial charge in [-0.2, -0.15) is 0 Å². The highest BCUT2D eigenvalue weighted by molar-refractivity contribution is 4.60. The van der Waals surface area contributed by atoms with Gasteiger partial charge < -0.3 is 0 Å². The first-order valence-corrected chi connectivity index (χ1v) is 9.45. The third-order valence-electron chi connectivity index (χ3n) is 4.96. The topological polar surface area (TPSA) is 0 Å². The second kappa shape index (κ2) is 12.7. The smallest absolute Gasteiger partial charge is 0.0443 e. The van der Waals surface area contributed by atoms with Crippen LogP contribution in [0.4, 0.5) is 0 Å². The summed E-state index contributed by atoms with van der Waals surface area (Å²) in [5, 5.41) is 0. The molecule has 3 atom stereocenters. The van der Waals surface area contributed by atoms with Gasteiger partial charge in [0.2, 0.25) is 0 Å². The summed E-state index contributed by atoms with van der Waals surface area (Å²) < 4.78 is 0. The minimum Gasteiger partial charge on any atom is -0.0651 e. The molecule has 0 aliphatic carbocycles. The van der Waals surface area contributed by atoms with E-state index in [1.165, 1.54) is 64.2 Å². The predicted molar refractivity (Wildman–Crippen MR) is 94.2 cm³/mol. The van der Waals surface area contributed by atoms with Gasteiger partial charge in [0.15, 0.2) is 0 Å². The molecule has 0 radical (unpaired) electrons. The Balaban J connectivity index is 3.43. The van der Waals surface area contributed by atoms with Crippen molar-refractivity contribution in [3.63, 3.8) is 0 Å². The maximum atomic E-state index is 2.46. The Labute approximate surface area is 130 Å². The van der Waals surface area contributed by atoms with Gasteiger partial charge in [0.05, 0.1) is 0 Å². The first kappa shape index (κ1) is 20.0. The highest BCUT2D eigenvalue weighted by Gasteiger charge is 2.07. The maximum Gasteiger partial charge on any atom is -0.0443 e. The van der Waals surface area contributed by atoms with E-state index in [4.69, 9.17) is 0 Å². The van der Waals surface area contributed by atoms with Crippen LogP contribution in [-0.4, -0.2) is 0 Å². The van der Waals surface area contributed by atoms with Crippen molar-refractivity contribution in [2.75, 3.05) is 0 Å². The van der Waals surface area contributed by atoms with Crippen molar-refractivity contribution in [1.29, 1.82) is 0 Å². The van der Waals surface area contributed by atoms with Gasteiger partial charge in [0.1, 0.15) is 0 Å². The fourth-order valence-corrected chi connectivity index (χ4v) is 3.00. The van der Waals surface area contributed by atoms with Crippen LogP contribution < -0.4 is 0 Å². The van der Waals surface area contributed by atoms with Crippen LogP contribution in [0.3, 0.4) is 0 Å². The lowest BCUT2D eigenvalue weighted by atomic mass is 9.91. The molecule has 0 aromatic rings. The predicted octanol–water partition coefficient (Wildman–Crippen LogP) is 7.47. The lowest BCUT2D eigenvalue weighted by Gasteiger charge is -2.15. The first-order chi connectivity index (χ1) is 9.45. The molecule has 122 valence electrons. The van der Waals surface area contributed by atoms with Crippen molar-refractivity contribution >= 4 is 0 Å². The zero-order valence-electron chi connectivity index (χ0n) is 15.4. The van der Waals surface area contributed by atoms with Gasteiger partial charge in [0, 0.05) is 0 Å². The molecule has 0 amide bonds. The van der Waals surface area contributed by atoms with Gasteiger partial charge in [-0.05, 0) is 23.7 Å². The molecule has 0 aliphatic rings. The third-order valence-corrected chi connectivity index (χ3v) is 4.96. The molecular weight excluding hydrogens is 240 g/mol. The van der Waals surface area contributed by atoms with Crippen molar-refractivity contribution in [1.82, 2.24) is 0 Å². The van der Waals surface area contributed by atoms with Crippen molar-refractivity contribution in [2.24, 2.45) is 23.7 Å². The minimum atomic E-state index is 0.882. The molecule has 0 aliphatic heterocycles. The van der Waals surface area contributed by atoms with E-state index in [9.17, 15) is 0 Å². The Morgan fingerprint density at radius 1 is 0.500 bits per heavy atom. The molecule has 0 aromatic carbocycles. The Kier molecular flexibility index (Phi) is 12.7. The average Bonchev–Trinajstić information content (AvgIpc) is 2.38. The van der Waals surface area contributed by atoms with Crippen LogP contribution in [-0.2, 0) is 0 Å². The molecule has 0 saturated heterocycles. The highest BCUT2D eigenvalue weighted by atomic mass is 14.1. The van der Waals surface area contributed by atoms with Crippen LogP contribution in [0.25, 0.3) is 0 Å². The van der Waals surface area contributed by atoms with Crippen molar-refractivity contribution in [3.05, 3.63) is 0 Å². The Morgan fingerprint density at radius 2 is 0.850 bits per heavy atom. The fraction of sp³-hybridized carbons (Fsp3) is 1.00. The van der Waals surface area contributed by atoms with Crippen molar-refractivity contribution in [3.8, 4) is 0 Å². The van der Waals surface area contributed by atoms with E-state index in [2.05, 4.69) is 41.5 Å². The van der Waals surface area contributed by atoms with Crippen LogP contribution in [0.1, 0.15) is 106 Å². The minimum absolute atomic E-state index is 0.882. The zero-order valence-corrected chi connectivity index (χ0v) is 15.4. The number of hydrogen-bond acceptors (Lipinski definition) is 0. The van der Waals surface area contributed by atoms with E-state index in [1.807, 2.05) is 0 Å². The molecule has 0 N–H and O–H groups in total. The molecule has 0 bridgehead atoms. The second-order valence-electron chi connectivity index (χ2n) is 7.91. The Morgan fingerprint density at radius 3 is 1.20 bits per heavy atom. The fourth-order valence-electron chi connectivity index (χ4n) is 3.00. The van der Waals surface area contributed by atoms with E-state index >= 15 is 0 Å². The van der Waals surface area contributed by atoms with Gasteiger partial charge in [-0.3, -0.25) is 0 Å². The molecule has 0 heterocycles. The van der Waals surface area contributed by atoms with E-state index in [0.717, 1.165) is 23.7 Å². The number of hydrogen-bond donors (Lipinski definition) is 0. The molecule has 0 heteroatoms. The Bertz CT molecular complexity index is 194. The van der Waals surface area contributed by atoms with E-state index < -0.39 is 0 Å². The maximum absolute atomic E-state index is 2.46. The summed E-state index contributed by atoms with van der Waals surface area (Å²) in [4.78, 5) is 0. The molecule has 0 saturated carbocycles. The highest BCUT2D eigenvalue weighted by Crippen LogP contribution is 2.22. The normalized spacial score (nSPS) is 16.4. The quantitative estimate of drug-likeness (QED) is 0.328. The van der Waals surface area contributed by atoms with Crippen molar-refractivity contribution < 1.29 is 0 Å².